The number of rotatable bonds is 4. The van der Waals surface area contributed by atoms with E-state index in [9.17, 15) is 14.4 Å². The van der Waals surface area contributed by atoms with Gasteiger partial charge in [0, 0.05) is 31.9 Å². The molecule has 3 fully saturated rings. The zero-order chi connectivity index (χ0) is 19.7. The Hall–Kier alpha value is -2.77. The first-order valence-electron chi connectivity index (χ1n) is 9.86. The van der Waals surface area contributed by atoms with Gasteiger partial charge < -0.3 is 19.9 Å². The monoisotopic (exact) mass is 386 g/mol. The number of carbonyl (C=O) groups is 3. The standard InChI is InChI=1S/C20H26N4O4/c1-28-16-6-4-15(5-7-16)24-13-17(21-20(24)27)19(26)23-11-8-14(12-23)18(25)22-9-2-3-10-22/h4-7,14,17H,2-3,8-13H2,1H3,(H,21,27). The van der Waals surface area contributed by atoms with Crippen LogP contribution in [0.5, 0.6) is 5.75 Å². The number of hydrogen-bond donors (Lipinski definition) is 1. The van der Waals surface area contributed by atoms with Gasteiger partial charge in [-0.3, -0.25) is 14.5 Å². The van der Waals surface area contributed by atoms with E-state index in [0.717, 1.165) is 31.6 Å². The second kappa shape index (κ2) is 7.69. The van der Waals surface area contributed by atoms with Gasteiger partial charge in [-0.2, -0.15) is 0 Å². The lowest BCUT2D eigenvalue weighted by atomic mass is 10.1. The van der Waals surface area contributed by atoms with E-state index in [-0.39, 0.29) is 30.3 Å². The Kier molecular flexibility index (Phi) is 5.11. The van der Waals surface area contributed by atoms with Crippen LogP contribution in [-0.4, -0.2) is 73.5 Å². The van der Waals surface area contributed by atoms with Gasteiger partial charge in [0.05, 0.1) is 19.6 Å². The van der Waals surface area contributed by atoms with Gasteiger partial charge in [0.15, 0.2) is 0 Å². The molecule has 0 bridgehead atoms. The maximum Gasteiger partial charge on any atom is 0.322 e. The second-order valence-electron chi connectivity index (χ2n) is 7.61. The normalized spacial score (nSPS) is 24.6. The lowest BCUT2D eigenvalue weighted by molar-refractivity contribution is -0.135. The smallest absolute Gasteiger partial charge is 0.322 e. The van der Waals surface area contributed by atoms with Crippen LogP contribution in [0.25, 0.3) is 0 Å². The van der Waals surface area contributed by atoms with Crippen LogP contribution in [0.15, 0.2) is 24.3 Å². The Morgan fingerprint density at radius 3 is 2.39 bits per heavy atom. The van der Waals surface area contributed by atoms with E-state index in [0.29, 0.717) is 25.3 Å². The van der Waals surface area contributed by atoms with Crippen LogP contribution >= 0.6 is 0 Å². The Labute approximate surface area is 164 Å². The number of hydrogen-bond acceptors (Lipinski definition) is 4. The predicted octanol–water partition coefficient (Wildman–Crippen LogP) is 1.06. The van der Waals surface area contributed by atoms with E-state index in [4.69, 9.17) is 4.74 Å². The largest absolute Gasteiger partial charge is 0.497 e. The van der Waals surface area contributed by atoms with Crippen molar-refractivity contribution in [3.63, 3.8) is 0 Å². The third-order valence-electron chi connectivity index (χ3n) is 5.86. The Morgan fingerprint density at radius 2 is 1.71 bits per heavy atom. The molecule has 3 heterocycles. The van der Waals surface area contributed by atoms with Crippen molar-refractivity contribution >= 4 is 23.5 Å². The number of urea groups is 1. The third-order valence-corrected chi connectivity index (χ3v) is 5.86. The van der Waals surface area contributed by atoms with E-state index in [1.165, 1.54) is 0 Å². The summed E-state index contributed by atoms with van der Waals surface area (Å²) >= 11 is 0. The Bertz CT molecular complexity index is 760. The molecule has 150 valence electrons. The van der Waals surface area contributed by atoms with Gasteiger partial charge in [0.2, 0.25) is 11.8 Å². The number of likely N-dealkylation sites (tertiary alicyclic amines) is 2. The van der Waals surface area contributed by atoms with Crippen molar-refractivity contribution in [3.8, 4) is 5.75 Å². The molecule has 8 nitrogen and oxygen atoms in total. The van der Waals surface area contributed by atoms with Gasteiger partial charge in [-0.05, 0) is 43.5 Å². The molecule has 4 rings (SSSR count). The second-order valence-corrected chi connectivity index (χ2v) is 7.61. The quantitative estimate of drug-likeness (QED) is 0.839. The summed E-state index contributed by atoms with van der Waals surface area (Å²) in [6, 6.07) is 6.29. The van der Waals surface area contributed by atoms with E-state index >= 15 is 0 Å². The topological polar surface area (TPSA) is 82.2 Å². The lowest BCUT2D eigenvalue weighted by Crippen LogP contribution is -2.45. The SMILES string of the molecule is COc1ccc(N2CC(C(=O)N3CCC(C(=O)N4CCCC4)C3)NC2=O)cc1. The highest BCUT2D eigenvalue weighted by Crippen LogP contribution is 2.25. The molecule has 4 amide bonds. The molecule has 0 saturated carbocycles. The first-order chi connectivity index (χ1) is 13.6. The average molecular weight is 386 g/mol. The molecule has 3 aliphatic heterocycles. The van der Waals surface area contributed by atoms with Crippen LogP contribution in [0.1, 0.15) is 19.3 Å². The lowest BCUT2D eigenvalue weighted by Gasteiger charge is -2.22. The van der Waals surface area contributed by atoms with Crippen LogP contribution in [0, 0.1) is 5.92 Å². The van der Waals surface area contributed by atoms with Crippen molar-refractivity contribution in [1.29, 1.82) is 0 Å². The maximum absolute atomic E-state index is 12.9. The summed E-state index contributed by atoms with van der Waals surface area (Å²) in [5.41, 5.74) is 0.720. The summed E-state index contributed by atoms with van der Waals surface area (Å²) in [5.74, 6) is 0.655. The molecular formula is C20H26N4O4. The predicted molar refractivity (Wildman–Crippen MR) is 103 cm³/mol. The van der Waals surface area contributed by atoms with Gasteiger partial charge in [-0.1, -0.05) is 0 Å². The maximum atomic E-state index is 12.9. The molecule has 1 aromatic carbocycles. The van der Waals surface area contributed by atoms with Crippen molar-refractivity contribution < 1.29 is 19.1 Å². The molecule has 2 unspecified atom stereocenters. The fourth-order valence-electron chi connectivity index (χ4n) is 4.24. The van der Waals surface area contributed by atoms with Gasteiger partial charge in [0.25, 0.3) is 0 Å². The number of amides is 4. The number of nitrogens with zero attached hydrogens (tertiary/aromatic N) is 3. The van der Waals surface area contributed by atoms with Crippen LogP contribution in [-0.2, 0) is 9.59 Å². The molecule has 2 atom stereocenters. The third kappa shape index (κ3) is 3.50. The summed E-state index contributed by atoms with van der Waals surface area (Å²) in [5, 5.41) is 2.78. The van der Waals surface area contributed by atoms with Gasteiger partial charge in [-0.15, -0.1) is 0 Å². The molecule has 8 heteroatoms. The van der Waals surface area contributed by atoms with Gasteiger partial charge in [-0.25, -0.2) is 4.79 Å². The minimum Gasteiger partial charge on any atom is -0.497 e. The van der Waals surface area contributed by atoms with E-state index < -0.39 is 6.04 Å². The molecule has 3 saturated heterocycles. The molecule has 28 heavy (non-hydrogen) atoms. The Balaban J connectivity index is 1.36. The fraction of sp³-hybridized carbons (Fsp3) is 0.550. The van der Waals surface area contributed by atoms with Crippen molar-refractivity contribution in [2.45, 2.75) is 25.3 Å². The van der Waals surface area contributed by atoms with E-state index in [1.54, 1.807) is 41.2 Å². The first-order valence-corrected chi connectivity index (χ1v) is 9.86. The number of methoxy groups -OCH3 is 1. The number of ether oxygens (including phenoxy) is 1. The molecule has 0 radical (unpaired) electrons. The zero-order valence-electron chi connectivity index (χ0n) is 16.1. The van der Waals surface area contributed by atoms with Crippen LogP contribution < -0.4 is 15.0 Å². The molecule has 3 aliphatic rings. The highest BCUT2D eigenvalue weighted by molar-refractivity contribution is 6.00. The summed E-state index contributed by atoms with van der Waals surface area (Å²) in [6.07, 6.45) is 2.83. The molecule has 1 N–H and O–H groups in total. The van der Waals surface area contributed by atoms with Crippen LogP contribution in [0.4, 0.5) is 10.5 Å². The first kappa shape index (κ1) is 18.6. The van der Waals surface area contributed by atoms with E-state index in [2.05, 4.69) is 5.32 Å². The zero-order valence-corrected chi connectivity index (χ0v) is 16.1. The van der Waals surface area contributed by atoms with Crippen LogP contribution in [0.2, 0.25) is 0 Å². The van der Waals surface area contributed by atoms with Crippen molar-refractivity contribution in [1.82, 2.24) is 15.1 Å². The number of nitrogens with one attached hydrogen (secondary N) is 1. The molecule has 0 aliphatic carbocycles. The molecule has 0 aromatic heterocycles. The van der Waals surface area contributed by atoms with Crippen molar-refractivity contribution in [3.05, 3.63) is 24.3 Å². The van der Waals surface area contributed by atoms with Crippen molar-refractivity contribution in [2.75, 3.05) is 44.7 Å². The fourth-order valence-corrected chi connectivity index (χ4v) is 4.24. The summed E-state index contributed by atoms with van der Waals surface area (Å²) in [4.78, 5) is 43.0. The highest BCUT2D eigenvalue weighted by atomic mass is 16.5. The molecule has 0 spiro atoms. The highest BCUT2D eigenvalue weighted by Gasteiger charge is 2.40. The summed E-state index contributed by atoms with van der Waals surface area (Å²) < 4.78 is 5.14. The number of carbonyl (C=O) groups excluding carboxylic acids is 3. The minimum absolute atomic E-state index is 0.110. The number of benzene rings is 1. The summed E-state index contributed by atoms with van der Waals surface area (Å²) in [6.45, 7) is 2.96. The van der Waals surface area contributed by atoms with Crippen LogP contribution in [0.3, 0.4) is 0 Å². The minimum atomic E-state index is -0.588. The molecular weight excluding hydrogens is 360 g/mol. The van der Waals surface area contributed by atoms with E-state index in [1.807, 2.05) is 4.90 Å². The van der Waals surface area contributed by atoms with Crippen molar-refractivity contribution in [2.24, 2.45) is 5.92 Å². The van der Waals surface area contributed by atoms with Gasteiger partial charge in [0.1, 0.15) is 11.8 Å². The Morgan fingerprint density at radius 1 is 1.00 bits per heavy atom. The summed E-state index contributed by atoms with van der Waals surface area (Å²) in [7, 11) is 1.59. The number of anilines is 1. The molecule has 1 aromatic rings. The van der Waals surface area contributed by atoms with Gasteiger partial charge >= 0.3 is 6.03 Å². The average Bonchev–Trinajstić information content (AvgIpc) is 3.47.